The summed E-state index contributed by atoms with van der Waals surface area (Å²) < 4.78 is 0. The Kier molecular flexibility index (Phi) is 5.04. The molecule has 0 saturated heterocycles. The quantitative estimate of drug-likeness (QED) is 0.833. The van der Waals surface area contributed by atoms with Gasteiger partial charge in [-0.15, -0.1) is 0 Å². The van der Waals surface area contributed by atoms with Gasteiger partial charge in [0.15, 0.2) is 0 Å². The first-order chi connectivity index (χ1) is 9.10. The molecule has 0 bridgehead atoms. The van der Waals surface area contributed by atoms with E-state index in [1.54, 1.807) is 0 Å². The van der Waals surface area contributed by atoms with E-state index in [1.807, 2.05) is 0 Å². The van der Waals surface area contributed by atoms with Gasteiger partial charge < -0.3 is 5.32 Å². The fraction of sp³-hybridized carbons (Fsp3) is 0.667. The van der Waals surface area contributed by atoms with Crippen LogP contribution >= 0.6 is 0 Å². The van der Waals surface area contributed by atoms with E-state index in [0.717, 1.165) is 17.9 Å². The Balaban J connectivity index is 1.96. The van der Waals surface area contributed by atoms with Gasteiger partial charge in [-0.1, -0.05) is 43.2 Å². The van der Waals surface area contributed by atoms with Crippen LogP contribution in [0.4, 0.5) is 0 Å². The maximum absolute atomic E-state index is 3.72. The first-order valence-electron chi connectivity index (χ1n) is 7.90. The van der Waals surface area contributed by atoms with Crippen molar-refractivity contribution in [2.75, 3.05) is 6.54 Å². The Labute approximate surface area is 118 Å². The van der Waals surface area contributed by atoms with Gasteiger partial charge in [0.25, 0.3) is 0 Å². The molecule has 1 aromatic carbocycles. The summed E-state index contributed by atoms with van der Waals surface area (Å²) in [4.78, 5) is 0. The van der Waals surface area contributed by atoms with E-state index in [2.05, 4.69) is 51.2 Å². The molecule has 1 saturated carbocycles. The van der Waals surface area contributed by atoms with Crippen molar-refractivity contribution in [2.45, 2.75) is 59.4 Å². The Morgan fingerprint density at radius 3 is 2.42 bits per heavy atom. The summed E-state index contributed by atoms with van der Waals surface area (Å²) in [5, 5.41) is 3.72. The summed E-state index contributed by atoms with van der Waals surface area (Å²) in [7, 11) is 0. The summed E-state index contributed by atoms with van der Waals surface area (Å²) in [6.45, 7) is 10.3. The second-order valence-corrected chi connectivity index (χ2v) is 6.46. The van der Waals surface area contributed by atoms with Crippen LogP contribution in [0.3, 0.4) is 0 Å². The van der Waals surface area contributed by atoms with Crippen LogP contribution in [0.5, 0.6) is 0 Å². The summed E-state index contributed by atoms with van der Waals surface area (Å²) in [5.74, 6) is 1.67. The first kappa shape index (κ1) is 14.6. The fourth-order valence-corrected chi connectivity index (χ4v) is 3.64. The standard InChI is InChI=1S/C18H29N/c1-5-8-19-18-7-6-17(15(18)4)12-16-10-13(2)9-14(3)11-16/h9-11,15,17-19H,5-8,12H2,1-4H3. The third-order valence-electron chi connectivity index (χ3n) is 4.66. The summed E-state index contributed by atoms with van der Waals surface area (Å²) >= 11 is 0. The molecule has 19 heavy (non-hydrogen) atoms. The number of rotatable bonds is 5. The third kappa shape index (κ3) is 3.82. The van der Waals surface area contributed by atoms with Crippen LogP contribution < -0.4 is 5.32 Å². The lowest BCUT2D eigenvalue weighted by atomic mass is 9.88. The van der Waals surface area contributed by atoms with E-state index in [9.17, 15) is 0 Å². The van der Waals surface area contributed by atoms with Gasteiger partial charge in [0.05, 0.1) is 0 Å². The first-order valence-corrected chi connectivity index (χ1v) is 7.90. The van der Waals surface area contributed by atoms with Gasteiger partial charge in [-0.2, -0.15) is 0 Å². The molecule has 1 aliphatic rings. The minimum Gasteiger partial charge on any atom is -0.314 e. The van der Waals surface area contributed by atoms with Crippen molar-refractivity contribution in [1.82, 2.24) is 5.32 Å². The molecule has 0 spiro atoms. The Bertz CT molecular complexity index is 390. The molecule has 3 unspecified atom stereocenters. The zero-order valence-corrected chi connectivity index (χ0v) is 13.0. The molecule has 0 amide bonds. The highest BCUT2D eigenvalue weighted by atomic mass is 14.9. The normalized spacial score (nSPS) is 26.8. The Morgan fingerprint density at radius 2 is 1.79 bits per heavy atom. The topological polar surface area (TPSA) is 12.0 Å². The van der Waals surface area contributed by atoms with Crippen molar-refractivity contribution in [3.05, 3.63) is 34.9 Å². The molecular weight excluding hydrogens is 230 g/mol. The largest absolute Gasteiger partial charge is 0.314 e. The van der Waals surface area contributed by atoms with Crippen molar-refractivity contribution >= 4 is 0 Å². The minimum atomic E-state index is 0.746. The molecule has 1 heteroatoms. The van der Waals surface area contributed by atoms with E-state index in [-0.39, 0.29) is 0 Å². The van der Waals surface area contributed by atoms with Gasteiger partial charge in [-0.05, 0) is 63.5 Å². The van der Waals surface area contributed by atoms with Gasteiger partial charge in [0, 0.05) is 6.04 Å². The molecule has 106 valence electrons. The number of hydrogen-bond donors (Lipinski definition) is 1. The summed E-state index contributed by atoms with van der Waals surface area (Å²) in [6, 6.07) is 7.75. The van der Waals surface area contributed by atoms with Gasteiger partial charge in [-0.3, -0.25) is 0 Å². The summed E-state index contributed by atoms with van der Waals surface area (Å²) in [5.41, 5.74) is 4.34. The van der Waals surface area contributed by atoms with Crippen molar-refractivity contribution in [3.63, 3.8) is 0 Å². The number of hydrogen-bond acceptors (Lipinski definition) is 1. The van der Waals surface area contributed by atoms with Gasteiger partial charge >= 0.3 is 0 Å². The Hall–Kier alpha value is -0.820. The molecule has 1 N–H and O–H groups in total. The molecule has 0 heterocycles. The van der Waals surface area contributed by atoms with Crippen molar-refractivity contribution < 1.29 is 0 Å². The van der Waals surface area contributed by atoms with Crippen LogP contribution in [0.1, 0.15) is 49.8 Å². The highest BCUT2D eigenvalue weighted by Gasteiger charge is 2.32. The molecular formula is C18H29N. The minimum absolute atomic E-state index is 0.746. The van der Waals surface area contributed by atoms with Crippen molar-refractivity contribution in [1.29, 1.82) is 0 Å². The van der Waals surface area contributed by atoms with E-state index >= 15 is 0 Å². The molecule has 1 aliphatic carbocycles. The smallest absolute Gasteiger partial charge is 0.00955 e. The van der Waals surface area contributed by atoms with Crippen LogP contribution in [0.25, 0.3) is 0 Å². The Morgan fingerprint density at radius 1 is 1.11 bits per heavy atom. The molecule has 1 aromatic rings. The second kappa shape index (κ2) is 6.56. The van der Waals surface area contributed by atoms with E-state index in [1.165, 1.54) is 48.9 Å². The molecule has 2 rings (SSSR count). The third-order valence-corrected chi connectivity index (χ3v) is 4.66. The van der Waals surface area contributed by atoms with Crippen LogP contribution in [0.2, 0.25) is 0 Å². The molecule has 0 aliphatic heterocycles. The van der Waals surface area contributed by atoms with Gasteiger partial charge in [0.2, 0.25) is 0 Å². The highest BCUT2D eigenvalue weighted by Crippen LogP contribution is 2.34. The average Bonchev–Trinajstić information content (AvgIpc) is 2.67. The monoisotopic (exact) mass is 259 g/mol. The molecule has 1 nitrogen and oxygen atoms in total. The predicted molar refractivity (Wildman–Crippen MR) is 83.6 cm³/mol. The predicted octanol–water partition coefficient (Wildman–Crippen LogP) is 4.26. The zero-order chi connectivity index (χ0) is 13.8. The lowest BCUT2D eigenvalue weighted by Crippen LogP contribution is -2.33. The lowest BCUT2D eigenvalue weighted by molar-refractivity contribution is 0.351. The molecule has 3 atom stereocenters. The van der Waals surface area contributed by atoms with Crippen molar-refractivity contribution in [2.24, 2.45) is 11.8 Å². The number of benzene rings is 1. The maximum atomic E-state index is 3.72. The molecule has 0 aromatic heterocycles. The van der Waals surface area contributed by atoms with E-state index < -0.39 is 0 Å². The van der Waals surface area contributed by atoms with Crippen LogP contribution in [-0.2, 0) is 6.42 Å². The average molecular weight is 259 g/mol. The lowest BCUT2D eigenvalue weighted by Gasteiger charge is -2.22. The molecule has 1 fully saturated rings. The highest BCUT2D eigenvalue weighted by molar-refractivity contribution is 5.29. The second-order valence-electron chi connectivity index (χ2n) is 6.46. The van der Waals surface area contributed by atoms with Crippen LogP contribution in [0, 0.1) is 25.7 Å². The van der Waals surface area contributed by atoms with Crippen LogP contribution in [-0.4, -0.2) is 12.6 Å². The van der Waals surface area contributed by atoms with Crippen LogP contribution in [0.15, 0.2) is 18.2 Å². The fourth-order valence-electron chi connectivity index (χ4n) is 3.64. The van der Waals surface area contributed by atoms with Crippen molar-refractivity contribution in [3.8, 4) is 0 Å². The number of aryl methyl sites for hydroxylation is 2. The maximum Gasteiger partial charge on any atom is 0.00955 e. The van der Waals surface area contributed by atoms with Gasteiger partial charge in [-0.25, -0.2) is 0 Å². The van der Waals surface area contributed by atoms with Gasteiger partial charge in [0.1, 0.15) is 0 Å². The summed E-state index contributed by atoms with van der Waals surface area (Å²) in [6.07, 6.45) is 5.24. The molecule has 0 radical (unpaired) electrons. The van der Waals surface area contributed by atoms with E-state index in [4.69, 9.17) is 0 Å². The zero-order valence-electron chi connectivity index (χ0n) is 13.0. The SMILES string of the molecule is CCCNC1CCC(Cc2cc(C)cc(C)c2)C1C. The number of nitrogens with one attached hydrogen (secondary N) is 1. The van der Waals surface area contributed by atoms with E-state index in [0.29, 0.717) is 0 Å².